The van der Waals surface area contributed by atoms with E-state index in [1.807, 2.05) is 13.1 Å². The van der Waals surface area contributed by atoms with Crippen LogP contribution in [0.1, 0.15) is 44.1 Å². The topological polar surface area (TPSA) is 36.9 Å². The third-order valence-electron chi connectivity index (χ3n) is 6.03. The van der Waals surface area contributed by atoms with Gasteiger partial charge in [0.1, 0.15) is 5.82 Å². The Morgan fingerprint density at radius 1 is 1.35 bits per heavy atom. The smallest absolute Gasteiger partial charge is 0.193 e. The van der Waals surface area contributed by atoms with Crippen LogP contribution in [0.5, 0.6) is 0 Å². The van der Waals surface area contributed by atoms with Crippen LogP contribution in [0, 0.1) is 11.7 Å². The lowest BCUT2D eigenvalue weighted by molar-refractivity contribution is 0.157. The standard InChI is InChI=1S/C21H32FN3O/c1-23-20(25-12-9-17(14-25)15-26-2)24-16-21(10-4-3-5-11-21)18-7-6-8-19(22)13-18/h6-8,13,17H,3-5,9-12,14-16H2,1-2H3,(H,23,24). The van der Waals surface area contributed by atoms with Crippen LogP contribution in [-0.2, 0) is 10.2 Å². The number of guanidine groups is 1. The van der Waals surface area contributed by atoms with Gasteiger partial charge in [0.05, 0.1) is 6.61 Å². The fourth-order valence-corrected chi connectivity index (χ4v) is 4.59. The fraction of sp³-hybridized carbons (Fsp3) is 0.667. The molecule has 1 aromatic rings. The van der Waals surface area contributed by atoms with Gasteiger partial charge in [0.15, 0.2) is 5.96 Å². The summed E-state index contributed by atoms with van der Waals surface area (Å²) in [6.07, 6.45) is 7.03. The number of nitrogens with one attached hydrogen (secondary N) is 1. The van der Waals surface area contributed by atoms with Gasteiger partial charge in [-0.1, -0.05) is 31.4 Å². The third kappa shape index (κ3) is 4.37. The highest BCUT2D eigenvalue weighted by molar-refractivity contribution is 5.80. The van der Waals surface area contributed by atoms with Crippen LogP contribution < -0.4 is 5.32 Å². The van der Waals surface area contributed by atoms with Crippen LogP contribution in [0.3, 0.4) is 0 Å². The molecule has 0 aromatic heterocycles. The number of hydrogen-bond acceptors (Lipinski definition) is 2. The van der Waals surface area contributed by atoms with Crippen molar-refractivity contribution in [3.05, 3.63) is 35.6 Å². The van der Waals surface area contributed by atoms with Gasteiger partial charge in [0, 0.05) is 45.1 Å². The minimum atomic E-state index is -0.140. The molecule has 0 amide bonds. The molecule has 1 unspecified atom stereocenters. The van der Waals surface area contributed by atoms with E-state index in [9.17, 15) is 4.39 Å². The van der Waals surface area contributed by atoms with Crippen molar-refractivity contribution in [2.45, 2.75) is 43.9 Å². The second-order valence-corrected chi connectivity index (χ2v) is 7.81. The van der Waals surface area contributed by atoms with E-state index in [0.717, 1.165) is 57.0 Å². The van der Waals surface area contributed by atoms with Crippen molar-refractivity contribution >= 4 is 5.96 Å². The minimum absolute atomic E-state index is 0.00193. The van der Waals surface area contributed by atoms with E-state index in [4.69, 9.17) is 4.74 Å². The van der Waals surface area contributed by atoms with Crippen molar-refractivity contribution in [2.24, 2.45) is 10.9 Å². The van der Waals surface area contributed by atoms with Crippen molar-refractivity contribution < 1.29 is 9.13 Å². The SMILES string of the molecule is CN=C(NCC1(c2cccc(F)c2)CCCCC1)N1CCC(COC)C1. The molecule has 0 radical (unpaired) electrons. The first-order chi connectivity index (χ1) is 12.7. The number of ether oxygens (including phenoxy) is 1. The lowest BCUT2D eigenvalue weighted by atomic mass is 9.69. The minimum Gasteiger partial charge on any atom is -0.384 e. The molecule has 1 saturated heterocycles. The lowest BCUT2D eigenvalue weighted by Gasteiger charge is -2.39. The molecular weight excluding hydrogens is 329 g/mol. The molecule has 1 heterocycles. The summed E-state index contributed by atoms with van der Waals surface area (Å²) in [5, 5.41) is 3.62. The van der Waals surface area contributed by atoms with Gasteiger partial charge in [-0.15, -0.1) is 0 Å². The van der Waals surface area contributed by atoms with Crippen molar-refractivity contribution in [3.8, 4) is 0 Å². The van der Waals surface area contributed by atoms with E-state index < -0.39 is 0 Å². The number of aliphatic imine (C=N–C) groups is 1. The van der Waals surface area contributed by atoms with Gasteiger partial charge in [0.25, 0.3) is 0 Å². The van der Waals surface area contributed by atoms with E-state index in [1.54, 1.807) is 13.2 Å². The van der Waals surface area contributed by atoms with Gasteiger partial charge >= 0.3 is 0 Å². The summed E-state index contributed by atoms with van der Waals surface area (Å²) in [6, 6.07) is 7.18. The van der Waals surface area contributed by atoms with E-state index in [0.29, 0.717) is 5.92 Å². The molecule has 4 nitrogen and oxygen atoms in total. The van der Waals surface area contributed by atoms with Gasteiger partial charge in [-0.2, -0.15) is 0 Å². The van der Waals surface area contributed by atoms with Crippen LogP contribution in [0.2, 0.25) is 0 Å². The highest BCUT2D eigenvalue weighted by Crippen LogP contribution is 2.39. The van der Waals surface area contributed by atoms with E-state index in [2.05, 4.69) is 21.3 Å². The Bertz CT molecular complexity index is 613. The molecule has 1 aliphatic heterocycles. The highest BCUT2D eigenvalue weighted by Gasteiger charge is 2.35. The molecule has 5 heteroatoms. The van der Waals surface area contributed by atoms with Crippen molar-refractivity contribution in [1.82, 2.24) is 10.2 Å². The van der Waals surface area contributed by atoms with Crippen LogP contribution >= 0.6 is 0 Å². The molecule has 26 heavy (non-hydrogen) atoms. The Morgan fingerprint density at radius 3 is 2.85 bits per heavy atom. The summed E-state index contributed by atoms with van der Waals surface area (Å²) in [5.74, 6) is 1.40. The molecule has 1 aromatic carbocycles. The average Bonchev–Trinajstić information content (AvgIpc) is 3.12. The Morgan fingerprint density at radius 2 is 2.15 bits per heavy atom. The van der Waals surface area contributed by atoms with Gasteiger partial charge in [-0.25, -0.2) is 4.39 Å². The van der Waals surface area contributed by atoms with E-state index >= 15 is 0 Å². The van der Waals surface area contributed by atoms with Crippen LogP contribution in [0.25, 0.3) is 0 Å². The predicted octanol–water partition coefficient (Wildman–Crippen LogP) is 3.57. The summed E-state index contributed by atoms with van der Waals surface area (Å²) in [4.78, 5) is 6.83. The van der Waals surface area contributed by atoms with Crippen LogP contribution in [0.15, 0.2) is 29.3 Å². The maximum absolute atomic E-state index is 13.9. The molecule has 3 rings (SSSR count). The van der Waals surface area contributed by atoms with Crippen molar-refractivity contribution in [3.63, 3.8) is 0 Å². The Kier molecular flexibility index (Phi) is 6.52. The summed E-state index contributed by atoms with van der Waals surface area (Å²) in [7, 11) is 3.61. The largest absolute Gasteiger partial charge is 0.384 e. The first kappa shape index (κ1) is 19.2. The zero-order valence-corrected chi connectivity index (χ0v) is 16.1. The number of benzene rings is 1. The lowest BCUT2D eigenvalue weighted by Crippen LogP contribution is -2.47. The summed E-state index contributed by atoms with van der Waals surface area (Å²) >= 11 is 0. The Balaban J connectivity index is 1.69. The second-order valence-electron chi connectivity index (χ2n) is 7.81. The summed E-state index contributed by atoms with van der Waals surface area (Å²) < 4.78 is 19.2. The van der Waals surface area contributed by atoms with Crippen molar-refractivity contribution in [1.29, 1.82) is 0 Å². The number of halogens is 1. The predicted molar refractivity (Wildman–Crippen MR) is 104 cm³/mol. The summed E-state index contributed by atoms with van der Waals surface area (Å²) in [5.41, 5.74) is 1.13. The maximum Gasteiger partial charge on any atom is 0.193 e. The molecule has 144 valence electrons. The number of nitrogens with zero attached hydrogens (tertiary/aromatic N) is 2. The van der Waals surface area contributed by atoms with E-state index in [1.165, 1.54) is 25.3 Å². The van der Waals surface area contributed by atoms with Crippen molar-refractivity contribution in [2.75, 3.05) is 40.4 Å². The average molecular weight is 362 g/mol. The Labute approximate surface area is 156 Å². The molecule has 1 N–H and O–H groups in total. The highest BCUT2D eigenvalue weighted by atomic mass is 19.1. The third-order valence-corrected chi connectivity index (χ3v) is 6.03. The van der Waals surface area contributed by atoms with Gasteiger partial charge in [-0.05, 0) is 37.0 Å². The van der Waals surface area contributed by atoms with Crippen LogP contribution in [-0.4, -0.2) is 51.3 Å². The molecule has 0 bridgehead atoms. The monoisotopic (exact) mass is 361 g/mol. The molecule has 1 saturated carbocycles. The fourth-order valence-electron chi connectivity index (χ4n) is 4.59. The number of likely N-dealkylation sites (tertiary alicyclic amines) is 1. The quantitative estimate of drug-likeness (QED) is 0.643. The number of rotatable bonds is 5. The van der Waals surface area contributed by atoms with Gasteiger partial charge in [-0.3, -0.25) is 4.99 Å². The first-order valence-corrected chi connectivity index (χ1v) is 9.87. The van der Waals surface area contributed by atoms with Gasteiger partial charge < -0.3 is 15.0 Å². The molecule has 1 aliphatic carbocycles. The van der Waals surface area contributed by atoms with Crippen LogP contribution in [0.4, 0.5) is 4.39 Å². The maximum atomic E-state index is 13.9. The Hall–Kier alpha value is -1.62. The molecular formula is C21H32FN3O. The van der Waals surface area contributed by atoms with Gasteiger partial charge in [0.2, 0.25) is 0 Å². The second kappa shape index (κ2) is 8.85. The first-order valence-electron chi connectivity index (χ1n) is 9.87. The zero-order valence-electron chi connectivity index (χ0n) is 16.1. The van der Waals surface area contributed by atoms with E-state index in [-0.39, 0.29) is 11.2 Å². The normalized spacial score (nSPS) is 23.3. The molecule has 0 spiro atoms. The number of methoxy groups -OCH3 is 1. The zero-order chi connectivity index (χ0) is 18.4. The molecule has 2 fully saturated rings. The number of hydrogen-bond donors (Lipinski definition) is 1. The summed E-state index contributed by atoms with van der Waals surface area (Å²) in [6.45, 7) is 3.62. The molecule has 1 atom stereocenters. The molecule has 2 aliphatic rings.